The fourth-order valence-corrected chi connectivity index (χ4v) is 4.83. The summed E-state index contributed by atoms with van der Waals surface area (Å²) < 4.78 is 23.5. The summed E-state index contributed by atoms with van der Waals surface area (Å²) in [5.74, 6) is 1.44. The summed E-state index contributed by atoms with van der Waals surface area (Å²) in [5.41, 5.74) is 1.81. The Morgan fingerprint density at radius 2 is 1.89 bits per heavy atom. The van der Waals surface area contributed by atoms with Gasteiger partial charge in [-0.15, -0.1) is 0 Å². The Kier molecular flexibility index (Phi) is 8.31. The zero-order chi connectivity index (χ0) is 20.7. The van der Waals surface area contributed by atoms with Gasteiger partial charge in [-0.2, -0.15) is 0 Å². The van der Waals surface area contributed by atoms with Crippen molar-refractivity contribution in [3.63, 3.8) is 0 Å². The molecule has 2 rings (SSSR count). The predicted octanol–water partition coefficient (Wildman–Crippen LogP) is 2.57. The lowest BCUT2D eigenvalue weighted by atomic mass is 10.0. The van der Waals surface area contributed by atoms with Crippen molar-refractivity contribution >= 4 is 15.8 Å². The molecule has 0 aromatic heterocycles. The lowest BCUT2D eigenvalue weighted by molar-refractivity contribution is 0.213. The second kappa shape index (κ2) is 10.3. The standard InChI is InChI=1S/C21H36N4O2S/c1-16(2)12-19(25-10-6-7-11-25)15-24-21(22-4)23-14-18-8-9-20(17(3)13-18)28(5,26)27/h8-9,13,16,19H,6-7,10-12,14-15H2,1-5H3,(H2,22,23,24). The van der Waals surface area contributed by atoms with Crippen LogP contribution in [0.1, 0.15) is 44.2 Å². The van der Waals surface area contributed by atoms with E-state index in [0.717, 1.165) is 23.6 Å². The predicted molar refractivity (Wildman–Crippen MR) is 117 cm³/mol. The van der Waals surface area contributed by atoms with Gasteiger partial charge >= 0.3 is 0 Å². The smallest absolute Gasteiger partial charge is 0.191 e. The van der Waals surface area contributed by atoms with Crippen LogP contribution in [0.3, 0.4) is 0 Å². The number of hydrogen-bond acceptors (Lipinski definition) is 4. The van der Waals surface area contributed by atoms with E-state index in [1.165, 1.54) is 38.6 Å². The largest absolute Gasteiger partial charge is 0.355 e. The Balaban J connectivity index is 1.92. The van der Waals surface area contributed by atoms with E-state index in [-0.39, 0.29) is 0 Å². The summed E-state index contributed by atoms with van der Waals surface area (Å²) >= 11 is 0. The fourth-order valence-electron chi connectivity index (χ4n) is 3.87. The van der Waals surface area contributed by atoms with Crippen LogP contribution < -0.4 is 10.6 Å². The molecule has 7 heteroatoms. The molecule has 1 unspecified atom stereocenters. The topological polar surface area (TPSA) is 73.8 Å². The number of likely N-dealkylation sites (tertiary alicyclic amines) is 1. The van der Waals surface area contributed by atoms with Crippen molar-refractivity contribution in [1.82, 2.24) is 15.5 Å². The number of nitrogens with zero attached hydrogens (tertiary/aromatic N) is 2. The molecule has 1 aromatic rings. The van der Waals surface area contributed by atoms with E-state index < -0.39 is 9.84 Å². The number of sulfone groups is 1. The number of aliphatic imine (C=N–C) groups is 1. The Bertz CT molecular complexity index is 769. The molecule has 28 heavy (non-hydrogen) atoms. The first-order chi connectivity index (χ1) is 13.2. The quantitative estimate of drug-likeness (QED) is 0.511. The lowest BCUT2D eigenvalue weighted by Gasteiger charge is -2.29. The molecule has 2 N–H and O–H groups in total. The van der Waals surface area contributed by atoms with Gasteiger partial charge in [0.15, 0.2) is 15.8 Å². The molecule has 0 aliphatic carbocycles. The van der Waals surface area contributed by atoms with Crippen LogP contribution in [0.4, 0.5) is 0 Å². The second-order valence-electron chi connectivity index (χ2n) is 8.21. The van der Waals surface area contributed by atoms with E-state index in [0.29, 0.717) is 23.4 Å². The molecule has 1 heterocycles. The van der Waals surface area contributed by atoms with Crippen molar-refractivity contribution < 1.29 is 8.42 Å². The summed E-state index contributed by atoms with van der Waals surface area (Å²) in [6.07, 6.45) is 5.01. The zero-order valence-corrected chi connectivity index (χ0v) is 18.8. The van der Waals surface area contributed by atoms with Gasteiger partial charge in [0.1, 0.15) is 0 Å². The molecule has 158 valence electrons. The van der Waals surface area contributed by atoms with E-state index in [2.05, 4.69) is 34.4 Å². The number of nitrogens with one attached hydrogen (secondary N) is 2. The van der Waals surface area contributed by atoms with Crippen molar-refractivity contribution in [2.75, 3.05) is 32.9 Å². The minimum atomic E-state index is -3.18. The van der Waals surface area contributed by atoms with Crippen LogP contribution in [-0.4, -0.2) is 58.3 Å². The molecule has 1 atom stereocenters. The summed E-state index contributed by atoms with van der Waals surface area (Å²) in [4.78, 5) is 7.32. The van der Waals surface area contributed by atoms with Crippen LogP contribution in [0.25, 0.3) is 0 Å². The van der Waals surface area contributed by atoms with E-state index in [4.69, 9.17) is 0 Å². The molecule has 1 aliphatic rings. The molecular formula is C21H36N4O2S. The average molecular weight is 409 g/mol. The van der Waals surface area contributed by atoms with Crippen molar-refractivity contribution in [1.29, 1.82) is 0 Å². The van der Waals surface area contributed by atoms with Crippen LogP contribution in [0, 0.1) is 12.8 Å². The van der Waals surface area contributed by atoms with Crippen LogP contribution in [0.15, 0.2) is 28.1 Å². The first kappa shape index (κ1) is 22.7. The normalized spacial score (nSPS) is 17.1. The summed E-state index contributed by atoms with van der Waals surface area (Å²) in [6, 6.07) is 5.99. The third-order valence-corrected chi connectivity index (χ3v) is 6.49. The van der Waals surface area contributed by atoms with E-state index in [9.17, 15) is 8.42 Å². The summed E-state index contributed by atoms with van der Waals surface area (Å²) in [7, 11) is -1.41. The molecule has 0 radical (unpaired) electrons. The van der Waals surface area contributed by atoms with Crippen molar-refractivity contribution in [3.05, 3.63) is 29.3 Å². The second-order valence-corrected chi connectivity index (χ2v) is 10.2. The van der Waals surface area contributed by atoms with Gasteiger partial charge in [0, 0.05) is 32.4 Å². The third-order valence-electron chi connectivity index (χ3n) is 5.23. The van der Waals surface area contributed by atoms with Gasteiger partial charge in [0.2, 0.25) is 0 Å². The van der Waals surface area contributed by atoms with Crippen molar-refractivity contribution in [2.24, 2.45) is 10.9 Å². The van der Waals surface area contributed by atoms with Gasteiger partial charge in [-0.25, -0.2) is 8.42 Å². The van der Waals surface area contributed by atoms with E-state index in [1.54, 1.807) is 13.1 Å². The van der Waals surface area contributed by atoms with Crippen LogP contribution in [0.2, 0.25) is 0 Å². The summed E-state index contributed by atoms with van der Waals surface area (Å²) in [5, 5.41) is 6.81. The molecule has 0 spiro atoms. The van der Waals surface area contributed by atoms with Crippen molar-refractivity contribution in [3.8, 4) is 0 Å². The maximum absolute atomic E-state index is 11.8. The SMILES string of the molecule is CN=C(NCc1ccc(S(C)(=O)=O)c(C)c1)NCC(CC(C)C)N1CCCC1. The number of benzene rings is 1. The Morgan fingerprint density at radius 1 is 1.21 bits per heavy atom. The monoisotopic (exact) mass is 408 g/mol. The highest BCUT2D eigenvalue weighted by Gasteiger charge is 2.22. The van der Waals surface area contributed by atoms with Crippen LogP contribution >= 0.6 is 0 Å². The molecule has 1 saturated heterocycles. The number of hydrogen-bond donors (Lipinski definition) is 2. The fraction of sp³-hybridized carbons (Fsp3) is 0.667. The highest BCUT2D eigenvalue weighted by Crippen LogP contribution is 2.18. The van der Waals surface area contributed by atoms with Gasteiger partial charge in [0.25, 0.3) is 0 Å². The molecule has 0 amide bonds. The molecule has 0 saturated carbocycles. The van der Waals surface area contributed by atoms with E-state index >= 15 is 0 Å². The van der Waals surface area contributed by atoms with E-state index in [1.807, 2.05) is 19.1 Å². The van der Waals surface area contributed by atoms with Crippen LogP contribution in [-0.2, 0) is 16.4 Å². The van der Waals surface area contributed by atoms with Gasteiger partial charge in [-0.1, -0.05) is 26.0 Å². The first-order valence-electron chi connectivity index (χ1n) is 10.2. The number of rotatable bonds is 8. The molecular weight excluding hydrogens is 372 g/mol. The number of guanidine groups is 1. The Morgan fingerprint density at radius 3 is 2.43 bits per heavy atom. The maximum Gasteiger partial charge on any atom is 0.191 e. The first-order valence-corrected chi connectivity index (χ1v) is 12.1. The average Bonchev–Trinajstić information content (AvgIpc) is 3.14. The maximum atomic E-state index is 11.8. The third kappa shape index (κ3) is 6.78. The van der Waals surface area contributed by atoms with Gasteiger partial charge in [-0.05, 0) is 62.4 Å². The Labute approximate surface area is 170 Å². The molecule has 0 bridgehead atoms. The van der Waals surface area contributed by atoms with Crippen molar-refractivity contribution in [2.45, 2.75) is 57.5 Å². The highest BCUT2D eigenvalue weighted by molar-refractivity contribution is 7.90. The van der Waals surface area contributed by atoms with Gasteiger partial charge < -0.3 is 10.6 Å². The van der Waals surface area contributed by atoms with Gasteiger partial charge in [0.05, 0.1) is 4.90 Å². The summed E-state index contributed by atoms with van der Waals surface area (Å²) in [6.45, 7) is 10.2. The van der Waals surface area contributed by atoms with Crippen LogP contribution in [0.5, 0.6) is 0 Å². The molecule has 1 aliphatic heterocycles. The van der Waals surface area contributed by atoms with Gasteiger partial charge in [-0.3, -0.25) is 9.89 Å². The zero-order valence-electron chi connectivity index (χ0n) is 18.0. The highest BCUT2D eigenvalue weighted by atomic mass is 32.2. The minimum Gasteiger partial charge on any atom is -0.355 e. The molecule has 1 fully saturated rings. The number of aryl methyl sites for hydroxylation is 1. The minimum absolute atomic E-state index is 0.390. The Hall–Kier alpha value is -1.60. The molecule has 6 nitrogen and oxygen atoms in total. The molecule has 1 aromatic carbocycles. The lowest BCUT2D eigenvalue weighted by Crippen LogP contribution is -2.46.